The maximum Gasteiger partial charge on any atom is 0.328 e. The smallest absolute Gasteiger partial charge is 0.328 e. The molecule has 0 saturated heterocycles. The van der Waals surface area contributed by atoms with Gasteiger partial charge in [0.1, 0.15) is 6.04 Å². The molecule has 214 valence electrons. The molecule has 41 heavy (non-hydrogen) atoms. The molecule has 3 aromatic rings. The lowest BCUT2D eigenvalue weighted by molar-refractivity contribution is -0.139. The Labute approximate surface area is 251 Å². The highest BCUT2D eigenvalue weighted by atomic mass is 35.5. The van der Waals surface area contributed by atoms with Crippen molar-refractivity contribution in [2.75, 3.05) is 13.6 Å². The van der Waals surface area contributed by atoms with Crippen molar-refractivity contribution in [3.05, 3.63) is 104 Å². The van der Waals surface area contributed by atoms with E-state index in [1.165, 1.54) is 17.0 Å². The van der Waals surface area contributed by atoms with Crippen molar-refractivity contribution in [3.8, 4) is 0 Å². The molecule has 0 fully saturated rings. The summed E-state index contributed by atoms with van der Waals surface area (Å²) >= 11 is 18.7. The van der Waals surface area contributed by atoms with E-state index >= 15 is 0 Å². The van der Waals surface area contributed by atoms with Gasteiger partial charge in [-0.3, -0.25) is 9.59 Å². The van der Waals surface area contributed by atoms with Crippen LogP contribution < -0.4 is 16.0 Å². The predicted molar refractivity (Wildman–Crippen MR) is 157 cm³/mol. The van der Waals surface area contributed by atoms with Crippen LogP contribution in [-0.2, 0) is 17.8 Å². The summed E-state index contributed by atoms with van der Waals surface area (Å²) in [5.41, 5.74) is 2.94. The summed E-state index contributed by atoms with van der Waals surface area (Å²) < 4.78 is 0. The highest BCUT2D eigenvalue weighted by Gasteiger charge is 2.27. The molecule has 1 aliphatic carbocycles. The maximum atomic E-state index is 13.0. The molecule has 0 aliphatic heterocycles. The highest BCUT2D eigenvalue weighted by molar-refractivity contribution is 6.40. The minimum absolute atomic E-state index is 0.135. The Balaban J connectivity index is 1.37. The van der Waals surface area contributed by atoms with E-state index in [4.69, 9.17) is 34.8 Å². The molecule has 1 unspecified atom stereocenters. The Bertz CT molecular complexity index is 1480. The highest BCUT2D eigenvalue weighted by Crippen LogP contribution is 2.30. The van der Waals surface area contributed by atoms with Crippen LogP contribution >= 0.6 is 34.8 Å². The summed E-state index contributed by atoms with van der Waals surface area (Å²) in [5.74, 6) is -2.64. The van der Waals surface area contributed by atoms with Crippen LogP contribution in [0.25, 0.3) is 0 Å². The lowest BCUT2D eigenvalue weighted by Crippen LogP contribution is -2.50. The fraction of sp³-hybridized carbons (Fsp3) is 0.241. The van der Waals surface area contributed by atoms with Crippen molar-refractivity contribution in [1.29, 1.82) is 0 Å². The third-order valence-electron chi connectivity index (χ3n) is 6.68. The number of fused-ring (bicyclic) bond motifs is 1. The average molecular weight is 618 g/mol. The normalized spacial score (nSPS) is 14.5. The lowest BCUT2D eigenvalue weighted by Gasteiger charge is -2.20. The van der Waals surface area contributed by atoms with Crippen LogP contribution in [0.2, 0.25) is 15.1 Å². The molecule has 4 amide bonds. The van der Waals surface area contributed by atoms with E-state index in [1.807, 2.05) is 30.3 Å². The Hall–Kier alpha value is -3.79. The second kappa shape index (κ2) is 13.2. The zero-order valence-corrected chi connectivity index (χ0v) is 24.2. The van der Waals surface area contributed by atoms with Gasteiger partial charge in [0.15, 0.2) is 0 Å². The number of nitrogens with one attached hydrogen (secondary N) is 3. The second-order valence-corrected chi connectivity index (χ2v) is 10.9. The van der Waals surface area contributed by atoms with Gasteiger partial charge in [-0.15, -0.1) is 0 Å². The van der Waals surface area contributed by atoms with E-state index in [2.05, 4.69) is 16.0 Å². The fourth-order valence-electron chi connectivity index (χ4n) is 4.66. The van der Waals surface area contributed by atoms with Crippen molar-refractivity contribution in [1.82, 2.24) is 20.9 Å². The van der Waals surface area contributed by atoms with Crippen LogP contribution in [0.1, 0.15) is 49.9 Å². The van der Waals surface area contributed by atoms with E-state index in [9.17, 15) is 24.3 Å². The van der Waals surface area contributed by atoms with Gasteiger partial charge >= 0.3 is 12.0 Å². The average Bonchev–Trinajstić information content (AvgIpc) is 3.32. The number of aryl methyl sites for hydroxylation is 1. The number of urea groups is 1. The molecule has 9 nitrogen and oxygen atoms in total. The summed E-state index contributed by atoms with van der Waals surface area (Å²) in [7, 11) is 1.59. The van der Waals surface area contributed by atoms with E-state index in [0.29, 0.717) is 5.02 Å². The van der Waals surface area contributed by atoms with Crippen LogP contribution in [0.15, 0.2) is 60.7 Å². The van der Waals surface area contributed by atoms with Crippen molar-refractivity contribution in [2.24, 2.45) is 0 Å². The van der Waals surface area contributed by atoms with Gasteiger partial charge in [0.25, 0.3) is 11.8 Å². The molecule has 4 N–H and O–H groups in total. The first-order valence-electron chi connectivity index (χ1n) is 12.7. The fourth-order valence-corrected chi connectivity index (χ4v) is 5.53. The van der Waals surface area contributed by atoms with Crippen molar-refractivity contribution < 1.29 is 24.3 Å². The molecule has 0 spiro atoms. The molecule has 2 atom stereocenters. The quantitative estimate of drug-likeness (QED) is 0.266. The molecule has 0 aromatic heterocycles. The molecule has 0 bridgehead atoms. The van der Waals surface area contributed by atoms with Crippen molar-refractivity contribution in [2.45, 2.75) is 31.5 Å². The molecule has 3 aromatic carbocycles. The number of carbonyl (C=O) groups excluding carboxylic acids is 3. The minimum atomic E-state index is -1.47. The van der Waals surface area contributed by atoms with Gasteiger partial charge in [-0.2, -0.15) is 0 Å². The zero-order valence-electron chi connectivity index (χ0n) is 21.9. The molecule has 1 aliphatic rings. The number of amides is 4. The number of carbonyl (C=O) groups is 4. The van der Waals surface area contributed by atoms with Crippen LogP contribution in [0.4, 0.5) is 4.79 Å². The zero-order chi connectivity index (χ0) is 29.7. The molecule has 0 saturated carbocycles. The van der Waals surface area contributed by atoms with Crippen LogP contribution in [0.5, 0.6) is 0 Å². The second-order valence-electron chi connectivity index (χ2n) is 9.61. The molecule has 0 heterocycles. The number of benzene rings is 3. The molecular formula is C29H27Cl3N4O5. The SMILES string of the molecule is CN(Cc1cccc(Cl)c1)C(=O)c1cc(Cl)c(C(=O)N[C@@H](CNC(=O)NC2CCc3ccccc32)C(=O)O)c(Cl)c1. The Morgan fingerprint density at radius 3 is 2.39 bits per heavy atom. The number of rotatable bonds is 9. The maximum absolute atomic E-state index is 13.0. The number of carboxylic acids is 1. The number of hydrogen-bond acceptors (Lipinski definition) is 4. The van der Waals surface area contributed by atoms with Crippen LogP contribution in [-0.4, -0.2) is 53.5 Å². The van der Waals surface area contributed by atoms with Crippen molar-refractivity contribution >= 4 is 58.6 Å². The van der Waals surface area contributed by atoms with E-state index in [1.54, 1.807) is 25.2 Å². The summed E-state index contributed by atoms with van der Waals surface area (Å²) in [6.45, 7) is -0.119. The minimum Gasteiger partial charge on any atom is -0.480 e. The standard InChI is InChI=1S/C29H27Cl3N4O5/c1-36(15-16-5-4-7-19(30)11-16)27(38)18-12-21(31)25(22(32)13-18)26(37)34-24(28(39)40)14-33-29(41)35-23-10-9-17-6-2-3-8-20(17)23/h2-8,11-13,23-24H,9-10,14-15H2,1H3,(H,34,37)(H,39,40)(H2,33,35,41)/t23?,24-/m0/s1. The van der Waals surface area contributed by atoms with Crippen LogP contribution in [0, 0.1) is 0 Å². The number of nitrogens with zero attached hydrogens (tertiary/aromatic N) is 1. The Morgan fingerprint density at radius 1 is 1.00 bits per heavy atom. The number of carboxylic acid groups (broad SMARTS) is 1. The number of halogens is 3. The van der Waals surface area contributed by atoms with Gasteiger partial charge in [0.05, 0.1) is 28.2 Å². The van der Waals surface area contributed by atoms with Gasteiger partial charge in [-0.25, -0.2) is 9.59 Å². The van der Waals surface area contributed by atoms with Gasteiger partial charge in [0, 0.05) is 24.2 Å². The topological polar surface area (TPSA) is 128 Å². The Morgan fingerprint density at radius 2 is 1.71 bits per heavy atom. The van der Waals surface area contributed by atoms with E-state index in [0.717, 1.165) is 29.5 Å². The lowest BCUT2D eigenvalue weighted by atomic mass is 10.1. The predicted octanol–water partition coefficient (Wildman–Crippen LogP) is 5.09. The summed E-state index contributed by atoms with van der Waals surface area (Å²) in [4.78, 5) is 51.7. The summed E-state index contributed by atoms with van der Waals surface area (Å²) in [5, 5.41) is 17.6. The first-order valence-corrected chi connectivity index (χ1v) is 13.8. The van der Waals surface area contributed by atoms with Gasteiger partial charge in [-0.1, -0.05) is 71.2 Å². The van der Waals surface area contributed by atoms with Gasteiger partial charge in [0.2, 0.25) is 0 Å². The molecule has 12 heteroatoms. The molecule has 4 rings (SSSR count). The molecular weight excluding hydrogens is 591 g/mol. The monoisotopic (exact) mass is 616 g/mol. The van der Waals surface area contributed by atoms with Crippen LogP contribution in [0.3, 0.4) is 0 Å². The molecule has 0 radical (unpaired) electrons. The third kappa shape index (κ3) is 7.49. The third-order valence-corrected chi connectivity index (χ3v) is 7.51. The first-order chi connectivity index (χ1) is 19.5. The summed E-state index contributed by atoms with van der Waals surface area (Å²) in [6.07, 6.45) is 1.57. The number of hydrogen-bond donors (Lipinski definition) is 4. The van der Waals surface area contributed by atoms with Crippen molar-refractivity contribution in [3.63, 3.8) is 0 Å². The number of aliphatic carboxylic acids is 1. The van der Waals surface area contributed by atoms with E-state index < -0.39 is 29.9 Å². The Kier molecular flexibility index (Phi) is 9.75. The van der Waals surface area contributed by atoms with E-state index in [-0.39, 0.29) is 40.3 Å². The van der Waals surface area contributed by atoms with Gasteiger partial charge < -0.3 is 26.0 Å². The van der Waals surface area contributed by atoms with Gasteiger partial charge in [-0.05, 0) is 53.8 Å². The summed E-state index contributed by atoms with van der Waals surface area (Å²) in [6, 6.07) is 15.2. The first kappa shape index (κ1) is 30.2. The largest absolute Gasteiger partial charge is 0.480 e.